The first-order chi connectivity index (χ1) is 12.9. The van der Waals surface area contributed by atoms with Gasteiger partial charge in [0.25, 0.3) is 12.4 Å². The number of fused-ring (bicyclic) bond motifs is 1. The first-order valence-corrected chi connectivity index (χ1v) is 9.32. The predicted molar refractivity (Wildman–Crippen MR) is 97.3 cm³/mol. The Labute approximate surface area is 158 Å². The van der Waals surface area contributed by atoms with E-state index in [9.17, 15) is 9.90 Å². The smallest absolute Gasteiger partial charge is 0.290 e. The van der Waals surface area contributed by atoms with Crippen molar-refractivity contribution in [2.45, 2.75) is 57.0 Å². The van der Waals surface area contributed by atoms with Crippen LogP contribution in [0.2, 0.25) is 0 Å². The molecule has 1 aromatic carbocycles. The van der Waals surface area contributed by atoms with Gasteiger partial charge in [0, 0.05) is 25.1 Å². The molecule has 1 unspecified atom stereocenters. The van der Waals surface area contributed by atoms with Crippen LogP contribution >= 0.6 is 0 Å². The summed E-state index contributed by atoms with van der Waals surface area (Å²) in [4.78, 5) is 23.2. The summed E-state index contributed by atoms with van der Waals surface area (Å²) < 4.78 is 11.5. The molecule has 3 aliphatic heterocycles. The van der Waals surface area contributed by atoms with Crippen LogP contribution < -0.4 is 0 Å². The minimum Gasteiger partial charge on any atom is -0.483 e. The van der Waals surface area contributed by atoms with E-state index >= 15 is 0 Å². The van der Waals surface area contributed by atoms with E-state index in [1.807, 2.05) is 30.0 Å². The number of carbonyl (C=O) groups excluding carboxylic acids is 1. The predicted octanol–water partition coefficient (Wildman–Crippen LogP) is 1.95. The second-order valence-corrected chi connectivity index (χ2v) is 7.79. The molecule has 1 amide bonds. The molecule has 1 spiro atoms. The van der Waals surface area contributed by atoms with Gasteiger partial charge in [-0.05, 0) is 43.4 Å². The third-order valence-electron chi connectivity index (χ3n) is 5.72. The van der Waals surface area contributed by atoms with E-state index in [2.05, 4.69) is 0 Å². The maximum Gasteiger partial charge on any atom is 0.290 e. The van der Waals surface area contributed by atoms with Crippen molar-refractivity contribution in [1.82, 2.24) is 4.90 Å². The van der Waals surface area contributed by atoms with E-state index in [4.69, 9.17) is 19.4 Å². The van der Waals surface area contributed by atoms with Gasteiger partial charge in [0.05, 0.1) is 31.0 Å². The zero-order valence-electron chi connectivity index (χ0n) is 15.6. The van der Waals surface area contributed by atoms with Crippen molar-refractivity contribution in [2.75, 3.05) is 19.7 Å². The van der Waals surface area contributed by atoms with Crippen molar-refractivity contribution in [3.05, 3.63) is 34.9 Å². The van der Waals surface area contributed by atoms with Gasteiger partial charge in [0.2, 0.25) is 0 Å². The van der Waals surface area contributed by atoms with Gasteiger partial charge in [0.1, 0.15) is 0 Å². The molecule has 3 aliphatic rings. The van der Waals surface area contributed by atoms with Crippen molar-refractivity contribution in [3.8, 4) is 0 Å². The van der Waals surface area contributed by atoms with Crippen molar-refractivity contribution >= 4 is 12.4 Å². The Morgan fingerprint density at radius 2 is 1.93 bits per heavy atom. The lowest BCUT2D eigenvalue weighted by Crippen LogP contribution is -2.54. The topological polar surface area (TPSA) is 96.3 Å². The molecule has 0 bridgehead atoms. The highest BCUT2D eigenvalue weighted by Gasteiger charge is 2.45. The van der Waals surface area contributed by atoms with Gasteiger partial charge in [-0.25, -0.2) is 0 Å². The van der Waals surface area contributed by atoms with Gasteiger partial charge < -0.3 is 24.6 Å². The fourth-order valence-corrected chi connectivity index (χ4v) is 4.33. The number of benzene rings is 1. The van der Waals surface area contributed by atoms with Crippen LogP contribution in [0.25, 0.3) is 0 Å². The number of carboxylic acid groups (broad SMARTS) is 1. The van der Waals surface area contributed by atoms with Gasteiger partial charge in [-0.15, -0.1) is 0 Å². The molecule has 0 radical (unpaired) electrons. The summed E-state index contributed by atoms with van der Waals surface area (Å²) in [6, 6.07) is 5.87. The number of likely N-dealkylation sites (tertiary alicyclic amines) is 1. The maximum atomic E-state index is 12.9. The molecule has 1 atom stereocenters. The molecule has 4 rings (SSSR count). The van der Waals surface area contributed by atoms with E-state index in [-0.39, 0.29) is 18.0 Å². The number of ether oxygens (including phenoxy) is 2. The molecule has 3 heterocycles. The normalized spacial score (nSPS) is 26.1. The molecule has 148 valence electrons. The fraction of sp³-hybridized carbons (Fsp3) is 0.600. The number of aliphatic hydroxyl groups is 1. The summed E-state index contributed by atoms with van der Waals surface area (Å²) in [6.07, 6.45) is 2.94. The maximum absolute atomic E-state index is 12.9. The Morgan fingerprint density at radius 3 is 2.59 bits per heavy atom. The van der Waals surface area contributed by atoms with Gasteiger partial charge in [-0.3, -0.25) is 9.59 Å². The van der Waals surface area contributed by atoms with Crippen molar-refractivity contribution in [1.29, 1.82) is 0 Å². The fourth-order valence-electron chi connectivity index (χ4n) is 4.33. The van der Waals surface area contributed by atoms with Crippen LogP contribution in [0, 0.1) is 0 Å². The largest absolute Gasteiger partial charge is 0.483 e. The Kier molecular flexibility index (Phi) is 5.83. The number of hydrogen-bond acceptors (Lipinski definition) is 5. The van der Waals surface area contributed by atoms with Gasteiger partial charge in [-0.2, -0.15) is 0 Å². The number of amides is 1. The molecule has 2 saturated heterocycles. The second kappa shape index (κ2) is 7.96. The van der Waals surface area contributed by atoms with Crippen LogP contribution in [-0.2, 0) is 27.5 Å². The monoisotopic (exact) mass is 377 g/mol. The van der Waals surface area contributed by atoms with E-state index in [1.165, 1.54) is 0 Å². The van der Waals surface area contributed by atoms with Gasteiger partial charge in [-0.1, -0.05) is 12.1 Å². The minimum atomic E-state index is -0.651. The average Bonchev–Trinajstić information content (AvgIpc) is 3.10. The number of carbonyl (C=O) groups is 2. The highest BCUT2D eigenvalue weighted by molar-refractivity contribution is 5.96. The third-order valence-corrected chi connectivity index (χ3v) is 5.72. The van der Waals surface area contributed by atoms with E-state index in [0.29, 0.717) is 45.8 Å². The first kappa shape index (κ1) is 19.8. The average molecular weight is 377 g/mol. The lowest BCUT2D eigenvalue weighted by atomic mass is 9.78. The van der Waals surface area contributed by atoms with Crippen LogP contribution in [0.15, 0.2) is 18.2 Å². The summed E-state index contributed by atoms with van der Waals surface area (Å²) >= 11 is 0. The zero-order chi connectivity index (χ0) is 19.5. The molecule has 1 aromatic rings. The first-order valence-electron chi connectivity index (χ1n) is 9.32. The number of nitrogens with zero attached hydrogens (tertiary/aromatic N) is 1. The second-order valence-electron chi connectivity index (χ2n) is 7.79. The standard InChI is InChI=1S/C19H25NO4.CH2O2/c1-18(22)7-10-24-19(13-18)5-8-20(9-6-19)17(21)15-4-2-3-14-11-23-12-16(14)15;2-1-3/h2-4,22H,5-13H2,1H3;1H,(H,2,3). The SMILES string of the molecule is CC1(O)CCOC2(CCN(C(=O)c3cccc4c3COC4)CC2)C1.O=CO. The minimum absolute atomic E-state index is 0.0924. The Balaban J connectivity index is 0.000000659. The summed E-state index contributed by atoms with van der Waals surface area (Å²) in [7, 11) is 0. The summed E-state index contributed by atoms with van der Waals surface area (Å²) in [5.41, 5.74) is 2.03. The van der Waals surface area contributed by atoms with Crippen LogP contribution in [0.1, 0.15) is 54.1 Å². The summed E-state index contributed by atoms with van der Waals surface area (Å²) in [5.74, 6) is 0.0924. The van der Waals surface area contributed by atoms with Crippen LogP contribution in [-0.4, -0.2) is 58.4 Å². The van der Waals surface area contributed by atoms with Crippen molar-refractivity contribution < 1.29 is 29.3 Å². The Morgan fingerprint density at radius 1 is 1.22 bits per heavy atom. The molecule has 7 nitrogen and oxygen atoms in total. The molecule has 2 fully saturated rings. The summed E-state index contributed by atoms with van der Waals surface area (Å²) in [6.45, 7) is 4.73. The molecule has 27 heavy (non-hydrogen) atoms. The zero-order valence-corrected chi connectivity index (χ0v) is 15.6. The van der Waals surface area contributed by atoms with E-state index in [0.717, 1.165) is 29.5 Å². The van der Waals surface area contributed by atoms with Crippen molar-refractivity contribution in [2.24, 2.45) is 0 Å². The Bertz CT molecular complexity index is 694. The molecule has 0 aliphatic carbocycles. The van der Waals surface area contributed by atoms with Crippen LogP contribution in [0.3, 0.4) is 0 Å². The molecule has 7 heteroatoms. The highest BCUT2D eigenvalue weighted by Crippen LogP contribution is 2.39. The number of piperidine rings is 1. The number of rotatable bonds is 1. The highest BCUT2D eigenvalue weighted by atomic mass is 16.5. The Hall–Kier alpha value is -1.96. The molecular weight excluding hydrogens is 350 g/mol. The van der Waals surface area contributed by atoms with Crippen LogP contribution in [0.5, 0.6) is 0 Å². The lowest BCUT2D eigenvalue weighted by Gasteiger charge is -2.48. The van der Waals surface area contributed by atoms with Gasteiger partial charge in [0.15, 0.2) is 0 Å². The third kappa shape index (κ3) is 4.31. The number of hydrogen-bond donors (Lipinski definition) is 2. The lowest BCUT2D eigenvalue weighted by molar-refractivity contribution is -0.170. The van der Waals surface area contributed by atoms with E-state index < -0.39 is 5.60 Å². The van der Waals surface area contributed by atoms with Crippen LogP contribution in [0.4, 0.5) is 0 Å². The molecule has 0 saturated carbocycles. The summed E-state index contributed by atoms with van der Waals surface area (Å²) in [5, 5.41) is 17.3. The molecular formula is C20H27NO6. The quantitative estimate of drug-likeness (QED) is 0.726. The van der Waals surface area contributed by atoms with E-state index in [1.54, 1.807) is 0 Å². The van der Waals surface area contributed by atoms with Gasteiger partial charge >= 0.3 is 0 Å². The molecule has 0 aromatic heterocycles. The molecule has 2 N–H and O–H groups in total. The van der Waals surface area contributed by atoms with Crippen molar-refractivity contribution in [3.63, 3.8) is 0 Å².